The summed E-state index contributed by atoms with van der Waals surface area (Å²) in [4.78, 5) is 0. The zero-order valence-corrected chi connectivity index (χ0v) is 10.2. The quantitative estimate of drug-likeness (QED) is 0.521. The Hall–Kier alpha value is 1.19. The zero-order chi connectivity index (χ0) is 8.32. The van der Waals surface area contributed by atoms with Gasteiger partial charge in [0.2, 0.25) is 0 Å². The molecule has 0 unspecified atom stereocenters. The largest absolute Gasteiger partial charge is 1.00 e. The average Bonchev–Trinajstić information content (AvgIpc) is 1.85. The first-order valence-corrected chi connectivity index (χ1v) is 3.69. The van der Waals surface area contributed by atoms with E-state index >= 15 is 0 Å². The fourth-order valence-corrected chi connectivity index (χ4v) is 1.19. The third kappa shape index (κ3) is 5.77. The van der Waals surface area contributed by atoms with Gasteiger partial charge in [0.05, 0.1) is 0 Å². The van der Waals surface area contributed by atoms with Gasteiger partial charge in [-0.05, 0) is 19.4 Å². The summed E-state index contributed by atoms with van der Waals surface area (Å²) >= 11 is 0. The Balaban J connectivity index is 0.00000121. The molecule has 1 heterocycles. The van der Waals surface area contributed by atoms with Crippen molar-refractivity contribution >= 4 is 6.98 Å². The molecular formula is C6H10BF3KN. The molecule has 12 heavy (non-hydrogen) atoms. The summed E-state index contributed by atoms with van der Waals surface area (Å²) in [7, 11) is 0. The van der Waals surface area contributed by atoms with Gasteiger partial charge in [0, 0.05) is 6.54 Å². The van der Waals surface area contributed by atoms with Gasteiger partial charge in [-0.25, -0.2) is 0 Å². The van der Waals surface area contributed by atoms with Gasteiger partial charge >= 0.3 is 58.4 Å². The minimum atomic E-state index is -4.73. The van der Waals surface area contributed by atoms with E-state index in [0.717, 1.165) is 13.0 Å². The molecule has 1 aliphatic heterocycles. The summed E-state index contributed by atoms with van der Waals surface area (Å²) in [5.74, 6) is 0.464. The number of hydrogen-bond donors (Lipinski definition) is 1. The predicted octanol–water partition coefficient (Wildman–Crippen LogP) is -1.31. The molecule has 0 amide bonds. The van der Waals surface area contributed by atoms with Gasteiger partial charge in [0.25, 0.3) is 0 Å². The van der Waals surface area contributed by atoms with Crippen LogP contribution in [0.5, 0.6) is 0 Å². The topological polar surface area (TPSA) is 12.0 Å². The molecule has 64 valence electrons. The predicted molar refractivity (Wildman–Crippen MR) is 39.3 cm³/mol. The summed E-state index contributed by atoms with van der Waals surface area (Å²) in [5, 5.41) is 2.90. The molecule has 0 radical (unpaired) electrons. The Kier molecular flexibility index (Phi) is 6.40. The Bertz CT molecular complexity index is 161. The molecule has 0 saturated carbocycles. The van der Waals surface area contributed by atoms with Crippen LogP contribution in [0.3, 0.4) is 0 Å². The van der Waals surface area contributed by atoms with Gasteiger partial charge in [0.15, 0.2) is 0 Å². The second-order valence-electron chi connectivity index (χ2n) is 2.73. The van der Waals surface area contributed by atoms with Crippen LogP contribution in [0.4, 0.5) is 12.9 Å². The Labute approximate surface area is 113 Å². The molecule has 0 atom stereocenters. The number of hydrogen-bond acceptors (Lipinski definition) is 1. The molecule has 0 aromatic rings. The Morgan fingerprint density at radius 3 is 2.42 bits per heavy atom. The van der Waals surface area contributed by atoms with Crippen molar-refractivity contribution in [3.63, 3.8) is 0 Å². The summed E-state index contributed by atoms with van der Waals surface area (Å²) in [6.07, 6.45) is 1.41. The summed E-state index contributed by atoms with van der Waals surface area (Å²) in [6.45, 7) is -3.49. The molecule has 0 spiro atoms. The zero-order valence-electron chi connectivity index (χ0n) is 7.12. The van der Waals surface area contributed by atoms with E-state index in [4.69, 9.17) is 0 Å². The van der Waals surface area contributed by atoms with Crippen LogP contribution >= 0.6 is 0 Å². The normalized spacial score (nSPS) is 22.1. The molecule has 6 heteroatoms. The van der Waals surface area contributed by atoms with Crippen molar-refractivity contribution in [2.24, 2.45) is 0 Å². The van der Waals surface area contributed by atoms with E-state index in [9.17, 15) is 12.9 Å². The van der Waals surface area contributed by atoms with E-state index in [1.165, 1.54) is 0 Å². The van der Waals surface area contributed by atoms with Crippen LogP contribution in [0.25, 0.3) is 0 Å². The molecule has 1 N–H and O–H groups in total. The van der Waals surface area contributed by atoms with Crippen molar-refractivity contribution in [2.75, 3.05) is 13.1 Å². The summed E-state index contributed by atoms with van der Waals surface area (Å²) in [6, 6.07) is 0. The molecule has 0 aliphatic carbocycles. The van der Waals surface area contributed by atoms with Crippen molar-refractivity contribution in [3.8, 4) is 0 Å². The van der Waals surface area contributed by atoms with Gasteiger partial charge in [0.1, 0.15) is 0 Å². The molecule has 0 bridgehead atoms. The van der Waals surface area contributed by atoms with Crippen LogP contribution < -0.4 is 56.7 Å². The van der Waals surface area contributed by atoms with Crippen LogP contribution in [0.1, 0.15) is 12.8 Å². The fraction of sp³-hybridized carbons (Fsp3) is 0.667. The molecule has 0 aromatic heterocycles. The standard InChI is InChI=1S/C6H10BF3N.K/c8-7(9,10)4-6-2-1-3-11-5-6;/h4,11H,1-3,5H2;/q-1;+1/b6-4-;. The summed E-state index contributed by atoms with van der Waals surface area (Å²) in [5.41, 5.74) is 0.490. The maximum atomic E-state index is 11.8. The third-order valence-electron chi connectivity index (χ3n) is 1.63. The van der Waals surface area contributed by atoms with E-state index in [1.807, 2.05) is 0 Å². The second-order valence-corrected chi connectivity index (χ2v) is 2.73. The SMILES string of the molecule is F[B-](F)(F)/C=C1/CCCNC1.[K+]. The molecule has 1 nitrogen and oxygen atoms in total. The molecular weight excluding hydrogens is 193 g/mol. The number of halogens is 3. The molecule has 0 aromatic carbocycles. The number of piperidine rings is 1. The van der Waals surface area contributed by atoms with Crippen molar-refractivity contribution in [1.29, 1.82) is 0 Å². The molecule has 1 rings (SSSR count). The van der Waals surface area contributed by atoms with Gasteiger partial charge in [-0.1, -0.05) is 5.57 Å². The minimum Gasteiger partial charge on any atom is -0.445 e. The van der Waals surface area contributed by atoms with Crippen LogP contribution in [0.2, 0.25) is 0 Å². The molecule has 1 fully saturated rings. The smallest absolute Gasteiger partial charge is 0.445 e. The van der Waals surface area contributed by atoms with E-state index in [-0.39, 0.29) is 51.4 Å². The fourth-order valence-electron chi connectivity index (χ4n) is 1.19. The van der Waals surface area contributed by atoms with Crippen molar-refractivity contribution in [1.82, 2.24) is 5.32 Å². The van der Waals surface area contributed by atoms with Crippen LogP contribution in [0, 0.1) is 0 Å². The second kappa shape index (κ2) is 5.82. The van der Waals surface area contributed by atoms with Gasteiger partial charge in [-0.3, -0.25) is 0 Å². The monoisotopic (exact) mass is 203 g/mol. The molecule has 1 saturated heterocycles. The van der Waals surface area contributed by atoms with E-state index in [0.29, 0.717) is 24.5 Å². The van der Waals surface area contributed by atoms with Crippen molar-refractivity contribution in [2.45, 2.75) is 12.8 Å². The Morgan fingerprint density at radius 1 is 1.33 bits per heavy atom. The minimum absolute atomic E-state index is 0. The van der Waals surface area contributed by atoms with Crippen molar-refractivity contribution < 1.29 is 64.3 Å². The van der Waals surface area contributed by atoms with Crippen LogP contribution in [0.15, 0.2) is 11.5 Å². The van der Waals surface area contributed by atoms with Gasteiger partial charge < -0.3 is 18.3 Å². The molecule has 1 aliphatic rings. The van der Waals surface area contributed by atoms with E-state index in [1.54, 1.807) is 0 Å². The van der Waals surface area contributed by atoms with Crippen LogP contribution in [-0.4, -0.2) is 20.1 Å². The summed E-state index contributed by atoms with van der Waals surface area (Å²) < 4.78 is 35.4. The van der Waals surface area contributed by atoms with E-state index < -0.39 is 6.98 Å². The first-order valence-electron chi connectivity index (χ1n) is 3.69. The first-order chi connectivity index (χ1) is 5.08. The maximum absolute atomic E-state index is 11.8. The third-order valence-corrected chi connectivity index (χ3v) is 1.63. The number of rotatable bonds is 1. The first kappa shape index (κ1) is 13.2. The van der Waals surface area contributed by atoms with Gasteiger partial charge in [-0.15, -0.1) is 5.98 Å². The van der Waals surface area contributed by atoms with Crippen LogP contribution in [-0.2, 0) is 0 Å². The Morgan fingerprint density at radius 2 is 2.00 bits per heavy atom. The number of nitrogens with one attached hydrogen (secondary N) is 1. The van der Waals surface area contributed by atoms with E-state index in [2.05, 4.69) is 5.32 Å². The maximum Gasteiger partial charge on any atom is 1.00 e. The average molecular weight is 203 g/mol. The van der Waals surface area contributed by atoms with Crippen molar-refractivity contribution in [3.05, 3.63) is 11.5 Å². The van der Waals surface area contributed by atoms with Gasteiger partial charge in [-0.2, -0.15) is 0 Å².